The van der Waals surface area contributed by atoms with Gasteiger partial charge in [-0.25, -0.2) is 16.8 Å². The fraction of sp³-hybridized carbons (Fsp3) is 0.0385. The van der Waals surface area contributed by atoms with E-state index in [1.165, 1.54) is 42.5 Å². The second-order valence-corrected chi connectivity index (χ2v) is 11.3. The SMILES string of the molecule is Cc1ccc(C(=O)Nc2ccc(S(=O)(=O)Nc3ccccc3)cc2)cc1NS(=O)(=O)c1ccccc1. The summed E-state index contributed by atoms with van der Waals surface area (Å²) in [7, 11) is -7.61. The Morgan fingerprint density at radius 3 is 1.81 bits per heavy atom. The van der Waals surface area contributed by atoms with Gasteiger partial charge in [-0.05, 0) is 73.2 Å². The van der Waals surface area contributed by atoms with Crippen molar-refractivity contribution in [2.45, 2.75) is 16.7 Å². The molecule has 0 atom stereocenters. The van der Waals surface area contributed by atoms with Crippen LogP contribution in [-0.2, 0) is 20.0 Å². The number of hydrogen-bond donors (Lipinski definition) is 3. The van der Waals surface area contributed by atoms with E-state index in [2.05, 4.69) is 14.8 Å². The normalized spacial score (nSPS) is 11.5. The lowest BCUT2D eigenvalue weighted by molar-refractivity contribution is 0.102. The number of aryl methyl sites for hydroxylation is 1. The molecule has 1 amide bonds. The zero-order chi connectivity index (χ0) is 25.8. The minimum absolute atomic E-state index is 0.0392. The average molecular weight is 522 g/mol. The standard InChI is InChI=1S/C26H23N3O5S2/c1-19-12-13-20(18-25(19)29-36(33,34)23-10-6-3-7-11-23)26(30)27-21-14-16-24(17-15-21)35(31,32)28-22-8-4-2-5-9-22/h2-18,28-29H,1H3,(H,27,30). The van der Waals surface area contributed by atoms with E-state index in [-0.39, 0.29) is 21.0 Å². The predicted molar refractivity (Wildman–Crippen MR) is 140 cm³/mol. The number of carbonyl (C=O) groups excluding carboxylic acids is 1. The largest absolute Gasteiger partial charge is 0.322 e. The molecule has 0 aromatic heterocycles. The molecule has 0 unspecified atom stereocenters. The number of para-hydroxylation sites is 1. The molecular formula is C26H23N3O5S2. The Hall–Kier alpha value is -4.15. The van der Waals surface area contributed by atoms with Gasteiger partial charge in [-0.2, -0.15) is 0 Å². The quantitative estimate of drug-likeness (QED) is 0.306. The van der Waals surface area contributed by atoms with Gasteiger partial charge in [0.15, 0.2) is 0 Å². The van der Waals surface area contributed by atoms with Gasteiger partial charge in [-0.3, -0.25) is 14.2 Å². The lowest BCUT2D eigenvalue weighted by Crippen LogP contribution is -2.16. The number of nitrogens with one attached hydrogen (secondary N) is 3. The van der Waals surface area contributed by atoms with Crippen molar-refractivity contribution in [2.75, 3.05) is 14.8 Å². The first-order valence-corrected chi connectivity index (χ1v) is 13.8. The maximum atomic E-state index is 12.8. The summed E-state index contributed by atoms with van der Waals surface area (Å²) in [5.74, 6) is -0.479. The van der Waals surface area contributed by atoms with Gasteiger partial charge in [0, 0.05) is 16.9 Å². The molecule has 4 aromatic carbocycles. The van der Waals surface area contributed by atoms with Crippen LogP contribution in [0.1, 0.15) is 15.9 Å². The fourth-order valence-corrected chi connectivity index (χ4v) is 5.52. The number of benzene rings is 4. The first-order chi connectivity index (χ1) is 17.1. The molecule has 36 heavy (non-hydrogen) atoms. The highest BCUT2D eigenvalue weighted by Crippen LogP contribution is 2.23. The van der Waals surface area contributed by atoms with Gasteiger partial charge in [-0.15, -0.1) is 0 Å². The third-order valence-electron chi connectivity index (χ3n) is 5.25. The zero-order valence-corrected chi connectivity index (χ0v) is 20.8. The van der Waals surface area contributed by atoms with Crippen LogP contribution in [-0.4, -0.2) is 22.7 Å². The van der Waals surface area contributed by atoms with Crippen molar-refractivity contribution in [2.24, 2.45) is 0 Å². The Balaban J connectivity index is 1.48. The summed E-state index contributed by atoms with van der Waals surface area (Å²) in [5, 5.41) is 2.70. The van der Waals surface area contributed by atoms with Gasteiger partial charge in [0.25, 0.3) is 26.0 Å². The van der Waals surface area contributed by atoms with E-state index in [1.54, 1.807) is 67.6 Å². The van der Waals surface area contributed by atoms with Crippen LogP contribution in [0.15, 0.2) is 113 Å². The van der Waals surface area contributed by atoms with Gasteiger partial charge in [0.05, 0.1) is 15.5 Å². The number of anilines is 3. The number of hydrogen-bond acceptors (Lipinski definition) is 5. The van der Waals surface area contributed by atoms with Crippen LogP contribution in [0.2, 0.25) is 0 Å². The van der Waals surface area contributed by atoms with Gasteiger partial charge < -0.3 is 5.32 Å². The van der Waals surface area contributed by atoms with Gasteiger partial charge in [0.2, 0.25) is 0 Å². The topological polar surface area (TPSA) is 121 Å². The molecule has 0 aliphatic rings. The van der Waals surface area contributed by atoms with Crippen LogP contribution in [0.3, 0.4) is 0 Å². The molecular weight excluding hydrogens is 498 g/mol. The average Bonchev–Trinajstić information content (AvgIpc) is 2.86. The molecule has 10 heteroatoms. The molecule has 3 N–H and O–H groups in total. The third kappa shape index (κ3) is 5.91. The highest BCUT2D eigenvalue weighted by atomic mass is 32.2. The van der Waals surface area contributed by atoms with Crippen molar-refractivity contribution in [1.29, 1.82) is 0 Å². The van der Waals surface area contributed by atoms with E-state index >= 15 is 0 Å². The molecule has 4 aromatic rings. The van der Waals surface area contributed by atoms with Crippen LogP contribution in [0.4, 0.5) is 17.1 Å². The highest BCUT2D eigenvalue weighted by Gasteiger charge is 2.17. The summed E-state index contributed by atoms with van der Waals surface area (Å²) in [4.78, 5) is 13.0. The lowest BCUT2D eigenvalue weighted by atomic mass is 10.1. The molecule has 4 rings (SSSR count). The Morgan fingerprint density at radius 1 is 0.611 bits per heavy atom. The minimum atomic E-state index is -3.82. The molecule has 0 saturated carbocycles. The predicted octanol–water partition coefficient (Wildman–Crippen LogP) is 4.85. The monoisotopic (exact) mass is 521 g/mol. The van der Waals surface area contributed by atoms with Crippen molar-refractivity contribution < 1.29 is 21.6 Å². The number of rotatable bonds is 8. The maximum Gasteiger partial charge on any atom is 0.261 e. The highest BCUT2D eigenvalue weighted by molar-refractivity contribution is 7.93. The van der Waals surface area contributed by atoms with Crippen LogP contribution in [0.25, 0.3) is 0 Å². The number of amides is 1. The molecule has 0 saturated heterocycles. The molecule has 0 radical (unpaired) electrons. The van der Waals surface area contributed by atoms with E-state index in [0.29, 0.717) is 16.9 Å². The number of carbonyl (C=O) groups is 1. The van der Waals surface area contributed by atoms with E-state index in [0.717, 1.165) is 0 Å². The second kappa shape index (κ2) is 10.2. The molecule has 184 valence electrons. The Kier molecular flexibility index (Phi) is 7.09. The van der Waals surface area contributed by atoms with Crippen LogP contribution < -0.4 is 14.8 Å². The minimum Gasteiger partial charge on any atom is -0.322 e. The lowest BCUT2D eigenvalue weighted by Gasteiger charge is -2.13. The zero-order valence-electron chi connectivity index (χ0n) is 19.2. The number of sulfonamides is 2. The summed E-state index contributed by atoms with van der Waals surface area (Å²) >= 11 is 0. The third-order valence-corrected chi connectivity index (χ3v) is 8.02. The summed E-state index contributed by atoms with van der Waals surface area (Å²) in [6.07, 6.45) is 0. The Morgan fingerprint density at radius 2 is 1.17 bits per heavy atom. The van der Waals surface area contributed by atoms with Crippen molar-refractivity contribution >= 4 is 43.0 Å². The van der Waals surface area contributed by atoms with E-state index < -0.39 is 26.0 Å². The summed E-state index contributed by atoms with van der Waals surface area (Å²) in [5.41, 5.74) is 1.97. The summed E-state index contributed by atoms with van der Waals surface area (Å²) in [6, 6.07) is 26.8. The summed E-state index contributed by atoms with van der Waals surface area (Å²) < 4.78 is 55.6. The molecule has 0 bridgehead atoms. The molecule has 8 nitrogen and oxygen atoms in total. The van der Waals surface area contributed by atoms with Crippen LogP contribution in [0, 0.1) is 6.92 Å². The fourth-order valence-electron chi connectivity index (χ4n) is 3.32. The molecule has 0 aliphatic carbocycles. The Bertz CT molecular complexity index is 1590. The van der Waals surface area contributed by atoms with Gasteiger partial charge in [0.1, 0.15) is 0 Å². The Labute approximate surface area is 210 Å². The van der Waals surface area contributed by atoms with Crippen molar-refractivity contribution in [1.82, 2.24) is 0 Å². The first-order valence-electron chi connectivity index (χ1n) is 10.8. The van der Waals surface area contributed by atoms with E-state index in [9.17, 15) is 21.6 Å². The van der Waals surface area contributed by atoms with Crippen molar-refractivity contribution in [3.63, 3.8) is 0 Å². The van der Waals surface area contributed by atoms with Crippen molar-refractivity contribution in [3.8, 4) is 0 Å². The van der Waals surface area contributed by atoms with Crippen LogP contribution >= 0.6 is 0 Å². The van der Waals surface area contributed by atoms with E-state index in [4.69, 9.17) is 0 Å². The summed E-state index contributed by atoms with van der Waals surface area (Å²) in [6.45, 7) is 1.73. The van der Waals surface area contributed by atoms with Gasteiger partial charge in [-0.1, -0.05) is 42.5 Å². The second-order valence-electron chi connectivity index (χ2n) is 7.90. The van der Waals surface area contributed by atoms with E-state index in [1.807, 2.05) is 0 Å². The molecule has 0 fully saturated rings. The molecule has 0 aliphatic heterocycles. The molecule has 0 spiro atoms. The molecule has 0 heterocycles. The van der Waals surface area contributed by atoms with Crippen LogP contribution in [0.5, 0.6) is 0 Å². The first kappa shape index (κ1) is 25.0. The maximum absolute atomic E-state index is 12.8. The van der Waals surface area contributed by atoms with Crippen molar-refractivity contribution in [3.05, 3.63) is 114 Å². The van der Waals surface area contributed by atoms with Gasteiger partial charge >= 0.3 is 0 Å². The smallest absolute Gasteiger partial charge is 0.261 e.